The number of aromatic nitrogens is 2. The summed E-state index contributed by atoms with van der Waals surface area (Å²) in [5.41, 5.74) is 2.04. The van der Waals surface area contributed by atoms with Crippen LogP contribution < -0.4 is 9.47 Å². The van der Waals surface area contributed by atoms with Gasteiger partial charge in [0.05, 0.1) is 26.1 Å². The Labute approximate surface area is 241 Å². The van der Waals surface area contributed by atoms with E-state index in [1.54, 1.807) is 12.1 Å². The zero-order chi connectivity index (χ0) is 29.2. The number of Topliss-reactive ketones (excluding diaryl/α,β-unsaturated/α-hetero) is 1. The van der Waals surface area contributed by atoms with Gasteiger partial charge in [0.1, 0.15) is 0 Å². The highest BCUT2D eigenvalue weighted by Crippen LogP contribution is 2.39. The highest BCUT2D eigenvalue weighted by Gasteiger charge is 2.34. The molecule has 0 N–H and O–H groups in total. The van der Waals surface area contributed by atoms with Crippen LogP contribution in [0.3, 0.4) is 0 Å². The molecule has 2 heterocycles. The standard InChI is InChI=1S/C35H26F2N2O3/c1-41-31-19-27(17-29(36)38-31)33(25-13-11-21-7-3-5-9-23(21)15-25)35(40)34(28-18-30(37)39-32(20-28)42-2)26-14-12-22-8-4-6-10-24(22)16-26/h3-20,33-34H,1-2H3. The molecule has 0 fully saturated rings. The third-order valence-corrected chi connectivity index (χ3v) is 7.45. The lowest BCUT2D eigenvalue weighted by Gasteiger charge is -2.25. The second-order valence-electron chi connectivity index (χ2n) is 10.0. The lowest BCUT2D eigenvalue weighted by atomic mass is 9.76. The lowest BCUT2D eigenvalue weighted by molar-refractivity contribution is -0.120. The van der Waals surface area contributed by atoms with Gasteiger partial charge in [-0.1, -0.05) is 84.9 Å². The molecular weight excluding hydrogens is 534 g/mol. The van der Waals surface area contributed by atoms with Crippen molar-refractivity contribution in [2.45, 2.75) is 11.8 Å². The summed E-state index contributed by atoms with van der Waals surface area (Å²) in [5.74, 6) is -3.64. The zero-order valence-corrected chi connectivity index (χ0v) is 22.9. The number of hydrogen-bond donors (Lipinski definition) is 0. The van der Waals surface area contributed by atoms with Crippen molar-refractivity contribution in [1.29, 1.82) is 0 Å². The number of nitrogens with zero attached hydrogens (tertiary/aromatic N) is 2. The molecule has 208 valence electrons. The summed E-state index contributed by atoms with van der Waals surface area (Å²) in [6, 6.07) is 32.6. The van der Waals surface area contributed by atoms with Gasteiger partial charge in [-0.2, -0.15) is 18.7 Å². The van der Waals surface area contributed by atoms with Crippen LogP contribution >= 0.6 is 0 Å². The van der Waals surface area contributed by atoms with E-state index >= 15 is 0 Å². The highest BCUT2D eigenvalue weighted by atomic mass is 19.1. The number of carbonyl (C=O) groups is 1. The zero-order valence-electron chi connectivity index (χ0n) is 22.9. The number of rotatable bonds is 8. The first-order valence-electron chi connectivity index (χ1n) is 13.4. The van der Waals surface area contributed by atoms with Crippen LogP contribution in [-0.4, -0.2) is 30.0 Å². The van der Waals surface area contributed by atoms with E-state index in [-0.39, 0.29) is 17.5 Å². The SMILES string of the molecule is COc1cc(C(C(=O)C(c2cc(F)nc(OC)c2)c2ccc3ccccc3c2)c2ccc3ccccc3c2)cc(F)n1. The third kappa shape index (κ3) is 5.29. The minimum atomic E-state index is -0.945. The normalized spacial score (nSPS) is 12.7. The van der Waals surface area contributed by atoms with Crippen LogP contribution in [0.4, 0.5) is 8.78 Å². The first kappa shape index (κ1) is 27.0. The average molecular weight is 561 g/mol. The quantitative estimate of drug-likeness (QED) is 0.179. The summed E-state index contributed by atoms with van der Waals surface area (Å²) >= 11 is 0. The topological polar surface area (TPSA) is 61.3 Å². The Kier molecular flexibility index (Phi) is 7.32. The number of ether oxygens (including phenoxy) is 2. The first-order valence-corrected chi connectivity index (χ1v) is 13.4. The molecule has 5 nitrogen and oxygen atoms in total. The molecule has 0 radical (unpaired) electrons. The molecule has 0 amide bonds. The molecule has 6 aromatic rings. The van der Waals surface area contributed by atoms with E-state index in [0.717, 1.165) is 21.5 Å². The van der Waals surface area contributed by atoms with Gasteiger partial charge >= 0.3 is 0 Å². The first-order chi connectivity index (χ1) is 20.4. The van der Waals surface area contributed by atoms with Crippen molar-refractivity contribution in [3.63, 3.8) is 0 Å². The van der Waals surface area contributed by atoms with Gasteiger partial charge in [-0.15, -0.1) is 0 Å². The molecular formula is C35H26F2N2O3. The van der Waals surface area contributed by atoms with Crippen LogP contribution in [0.1, 0.15) is 34.1 Å². The number of methoxy groups -OCH3 is 2. The smallest absolute Gasteiger partial charge is 0.216 e. The van der Waals surface area contributed by atoms with Crippen LogP contribution in [-0.2, 0) is 4.79 Å². The maximum atomic E-state index is 15.0. The van der Waals surface area contributed by atoms with Crippen LogP contribution in [0.5, 0.6) is 11.8 Å². The van der Waals surface area contributed by atoms with Gasteiger partial charge in [-0.3, -0.25) is 4.79 Å². The third-order valence-electron chi connectivity index (χ3n) is 7.45. The van der Waals surface area contributed by atoms with Gasteiger partial charge in [-0.05, 0) is 55.9 Å². The summed E-state index contributed by atoms with van der Waals surface area (Å²) in [7, 11) is 2.78. The molecule has 0 aliphatic carbocycles. The molecule has 6 rings (SSSR count). The van der Waals surface area contributed by atoms with E-state index < -0.39 is 23.7 Å². The fourth-order valence-electron chi connectivity index (χ4n) is 5.51. The van der Waals surface area contributed by atoms with E-state index in [1.165, 1.54) is 26.4 Å². The van der Waals surface area contributed by atoms with E-state index in [9.17, 15) is 13.6 Å². The van der Waals surface area contributed by atoms with Crippen molar-refractivity contribution < 1.29 is 23.0 Å². The number of ketones is 1. The Balaban J connectivity index is 1.60. The molecule has 0 saturated carbocycles. The minimum Gasteiger partial charge on any atom is -0.481 e. The fraction of sp³-hybridized carbons (Fsp3) is 0.114. The summed E-state index contributed by atoms with van der Waals surface area (Å²) in [5, 5.41) is 3.84. The van der Waals surface area contributed by atoms with E-state index in [1.807, 2.05) is 84.9 Å². The van der Waals surface area contributed by atoms with Crippen LogP contribution in [0.2, 0.25) is 0 Å². The number of carbonyl (C=O) groups excluding carboxylic acids is 1. The number of hydrogen-bond acceptors (Lipinski definition) is 5. The Hall–Kier alpha value is -5.17. The van der Waals surface area contributed by atoms with Gasteiger partial charge in [0.15, 0.2) is 5.78 Å². The summed E-state index contributed by atoms with van der Waals surface area (Å²) in [6.45, 7) is 0. The van der Waals surface area contributed by atoms with Crippen molar-refractivity contribution in [2.75, 3.05) is 14.2 Å². The van der Waals surface area contributed by atoms with Crippen molar-refractivity contribution in [3.05, 3.63) is 143 Å². The number of halogens is 2. The molecule has 4 aromatic carbocycles. The maximum absolute atomic E-state index is 15.0. The van der Waals surface area contributed by atoms with Gasteiger partial charge in [0.2, 0.25) is 23.7 Å². The van der Waals surface area contributed by atoms with E-state index in [0.29, 0.717) is 22.3 Å². The number of pyridine rings is 2. The van der Waals surface area contributed by atoms with Crippen molar-refractivity contribution >= 4 is 27.3 Å². The summed E-state index contributed by atoms with van der Waals surface area (Å²) in [4.78, 5) is 22.6. The van der Waals surface area contributed by atoms with E-state index in [2.05, 4.69) is 9.97 Å². The minimum absolute atomic E-state index is 0.0440. The van der Waals surface area contributed by atoms with Gasteiger partial charge in [0, 0.05) is 12.1 Å². The second kappa shape index (κ2) is 11.4. The molecule has 0 saturated heterocycles. The summed E-state index contributed by atoms with van der Waals surface area (Å²) in [6.07, 6.45) is 0. The molecule has 0 aliphatic heterocycles. The monoisotopic (exact) mass is 560 g/mol. The molecule has 0 bridgehead atoms. The van der Waals surface area contributed by atoms with Gasteiger partial charge < -0.3 is 9.47 Å². The van der Waals surface area contributed by atoms with Crippen LogP contribution in [0.15, 0.2) is 109 Å². The average Bonchev–Trinajstić information content (AvgIpc) is 3.00. The molecule has 0 spiro atoms. The maximum Gasteiger partial charge on any atom is 0.216 e. The predicted octanol–water partition coefficient (Wildman–Crippen LogP) is 7.61. The molecule has 2 atom stereocenters. The lowest BCUT2D eigenvalue weighted by Crippen LogP contribution is -2.23. The molecule has 2 unspecified atom stereocenters. The highest BCUT2D eigenvalue weighted by molar-refractivity contribution is 5.99. The van der Waals surface area contributed by atoms with E-state index in [4.69, 9.17) is 9.47 Å². The molecule has 42 heavy (non-hydrogen) atoms. The van der Waals surface area contributed by atoms with Crippen LogP contribution in [0, 0.1) is 11.9 Å². The Bertz CT molecular complexity index is 1800. The van der Waals surface area contributed by atoms with Crippen molar-refractivity contribution in [1.82, 2.24) is 9.97 Å². The van der Waals surface area contributed by atoms with Gasteiger partial charge in [-0.25, -0.2) is 0 Å². The largest absolute Gasteiger partial charge is 0.481 e. The Morgan fingerprint density at radius 2 is 0.952 bits per heavy atom. The van der Waals surface area contributed by atoms with Crippen molar-refractivity contribution in [3.8, 4) is 11.8 Å². The van der Waals surface area contributed by atoms with Gasteiger partial charge in [0.25, 0.3) is 0 Å². The Morgan fingerprint density at radius 3 is 1.36 bits per heavy atom. The Morgan fingerprint density at radius 1 is 0.548 bits per heavy atom. The fourth-order valence-corrected chi connectivity index (χ4v) is 5.51. The predicted molar refractivity (Wildman–Crippen MR) is 158 cm³/mol. The van der Waals surface area contributed by atoms with Crippen molar-refractivity contribution in [2.24, 2.45) is 0 Å². The number of fused-ring (bicyclic) bond motifs is 2. The molecule has 2 aromatic heterocycles. The van der Waals surface area contributed by atoms with Crippen LogP contribution in [0.25, 0.3) is 21.5 Å². The molecule has 0 aliphatic rings. The molecule has 7 heteroatoms. The number of benzene rings is 4. The summed E-state index contributed by atoms with van der Waals surface area (Å²) < 4.78 is 40.1. The second-order valence-corrected chi connectivity index (χ2v) is 10.0.